The molecule has 0 saturated carbocycles. The number of nitrogens with one attached hydrogen (secondary N) is 1. The SMILES string of the molecule is COc1nc(N2CCNCC(F)(F)C2)c2cc(Cl)c(-c3cccc4nc(N)n(C)c34)c(F)c2n1. The quantitative estimate of drug-likeness (QED) is 0.452. The third-order valence-electron chi connectivity index (χ3n) is 5.89. The van der Waals surface area contributed by atoms with Crippen LogP contribution in [0.2, 0.25) is 5.02 Å². The van der Waals surface area contributed by atoms with Gasteiger partial charge in [-0.1, -0.05) is 23.7 Å². The summed E-state index contributed by atoms with van der Waals surface area (Å²) >= 11 is 6.61. The molecule has 0 radical (unpaired) electrons. The van der Waals surface area contributed by atoms with E-state index >= 15 is 4.39 Å². The van der Waals surface area contributed by atoms with Crippen molar-refractivity contribution in [2.24, 2.45) is 7.05 Å². The zero-order valence-electron chi connectivity index (χ0n) is 18.4. The number of hydrogen-bond donors (Lipinski definition) is 2. The summed E-state index contributed by atoms with van der Waals surface area (Å²) < 4.78 is 51.6. The fourth-order valence-electron chi connectivity index (χ4n) is 4.31. The van der Waals surface area contributed by atoms with Gasteiger partial charge in [-0.3, -0.25) is 0 Å². The van der Waals surface area contributed by atoms with Gasteiger partial charge in [0, 0.05) is 36.7 Å². The molecular weight excluding hydrogens is 471 g/mol. The highest BCUT2D eigenvalue weighted by Crippen LogP contribution is 2.41. The number of halogens is 4. The first kappa shape index (κ1) is 22.5. The Morgan fingerprint density at radius 3 is 2.79 bits per heavy atom. The van der Waals surface area contributed by atoms with E-state index in [2.05, 4.69) is 20.3 Å². The van der Waals surface area contributed by atoms with Crippen LogP contribution in [0.15, 0.2) is 24.3 Å². The van der Waals surface area contributed by atoms with Gasteiger partial charge in [0.25, 0.3) is 5.92 Å². The average Bonchev–Trinajstić information content (AvgIpc) is 2.96. The van der Waals surface area contributed by atoms with E-state index in [9.17, 15) is 8.78 Å². The summed E-state index contributed by atoms with van der Waals surface area (Å²) in [6.45, 7) is -0.508. The van der Waals surface area contributed by atoms with Crippen molar-refractivity contribution in [2.45, 2.75) is 5.92 Å². The van der Waals surface area contributed by atoms with Gasteiger partial charge in [0.2, 0.25) is 5.95 Å². The summed E-state index contributed by atoms with van der Waals surface area (Å²) in [4.78, 5) is 14.2. The van der Waals surface area contributed by atoms with Crippen molar-refractivity contribution < 1.29 is 17.9 Å². The van der Waals surface area contributed by atoms with E-state index in [0.29, 0.717) is 23.1 Å². The van der Waals surface area contributed by atoms with Crippen LogP contribution in [0, 0.1) is 5.82 Å². The van der Waals surface area contributed by atoms with Crippen molar-refractivity contribution in [3.63, 3.8) is 0 Å². The van der Waals surface area contributed by atoms with E-state index < -0.39 is 24.8 Å². The standard InChI is InChI=1S/C22H21ClF3N7O/c1-32-18-11(4-3-5-14(18)29-20(32)27)15-13(23)8-12-17(16(15)24)30-21(34-2)31-19(12)33-7-6-28-9-22(25,26)10-33/h3-5,8,28H,6-7,9-10H2,1-2H3,(H2,27,29). The molecular formula is C22H21ClF3N7O. The molecule has 2 aromatic heterocycles. The second-order valence-corrected chi connectivity index (χ2v) is 8.54. The Labute approximate surface area is 197 Å². The minimum absolute atomic E-state index is 0.0759. The van der Waals surface area contributed by atoms with Gasteiger partial charge in [0.1, 0.15) is 11.3 Å². The highest BCUT2D eigenvalue weighted by Gasteiger charge is 2.35. The Bertz CT molecular complexity index is 1430. The third-order valence-corrected chi connectivity index (χ3v) is 6.18. The van der Waals surface area contributed by atoms with Crippen LogP contribution >= 0.6 is 11.6 Å². The number of ether oxygens (including phenoxy) is 1. The molecule has 1 aliphatic rings. The van der Waals surface area contributed by atoms with Crippen molar-refractivity contribution in [2.75, 3.05) is 43.9 Å². The monoisotopic (exact) mass is 491 g/mol. The average molecular weight is 492 g/mol. The van der Waals surface area contributed by atoms with E-state index in [1.54, 1.807) is 29.8 Å². The Balaban J connectivity index is 1.78. The van der Waals surface area contributed by atoms with Crippen molar-refractivity contribution >= 4 is 45.3 Å². The second-order valence-electron chi connectivity index (χ2n) is 8.13. The van der Waals surface area contributed by atoms with E-state index in [1.165, 1.54) is 18.1 Å². The Morgan fingerprint density at radius 2 is 2.03 bits per heavy atom. The number of nitrogens with zero attached hydrogens (tertiary/aromatic N) is 5. The van der Waals surface area contributed by atoms with E-state index in [4.69, 9.17) is 22.1 Å². The smallest absolute Gasteiger partial charge is 0.318 e. The molecule has 2 aromatic carbocycles. The molecule has 178 valence electrons. The van der Waals surface area contributed by atoms with Gasteiger partial charge in [-0.2, -0.15) is 9.97 Å². The summed E-state index contributed by atoms with van der Waals surface area (Å²) in [5, 5.41) is 2.99. The van der Waals surface area contributed by atoms with Crippen molar-refractivity contribution in [3.05, 3.63) is 35.1 Å². The maximum Gasteiger partial charge on any atom is 0.318 e. The largest absolute Gasteiger partial charge is 0.467 e. The highest BCUT2D eigenvalue weighted by atomic mass is 35.5. The zero-order chi connectivity index (χ0) is 24.2. The number of para-hydroxylation sites is 1. The summed E-state index contributed by atoms with van der Waals surface area (Å²) in [5.41, 5.74) is 7.61. The topological polar surface area (TPSA) is 94.1 Å². The molecule has 3 heterocycles. The molecule has 34 heavy (non-hydrogen) atoms. The lowest BCUT2D eigenvalue weighted by Crippen LogP contribution is -2.39. The molecule has 0 atom stereocenters. The van der Waals surface area contributed by atoms with Gasteiger partial charge in [-0.05, 0) is 12.1 Å². The van der Waals surface area contributed by atoms with Gasteiger partial charge in [-0.15, -0.1) is 0 Å². The second kappa shape index (κ2) is 8.17. The molecule has 0 bridgehead atoms. The van der Waals surface area contributed by atoms with Crippen molar-refractivity contribution in [1.29, 1.82) is 0 Å². The molecule has 1 fully saturated rings. The maximum absolute atomic E-state index is 16.1. The molecule has 12 heteroatoms. The Morgan fingerprint density at radius 1 is 1.24 bits per heavy atom. The molecule has 3 N–H and O–H groups in total. The summed E-state index contributed by atoms with van der Waals surface area (Å²) in [6, 6.07) is 6.55. The van der Waals surface area contributed by atoms with Crippen LogP contribution in [0.5, 0.6) is 6.01 Å². The minimum Gasteiger partial charge on any atom is -0.467 e. The number of imidazole rings is 1. The first-order valence-electron chi connectivity index (χ1n) is 10.5. The van der Waals surface area contributed by atoms with Crippen LogP contribution in [0.4, 0.5) is 24.9 Å². The molecule has 0 unspecified atom stereocenters. The molecule has 8 nitrogen and oxygen atoms in total. The number of methoxy groups -OCH3 is 1. The van der Waals surface area contributed by atoms with Gasteiger partial charge >= 0.3 is 6.01 Å². The molecule has 1 aliphatic heterocycles. The molecule has 0 spiro atoms. The molecule has 0 amide bonds. The van der Waals surface area contributed by atoms with Gasteiger partial charge in [0.05, 0.1) is 36.3 Å². The maximum atomic E-state index is 16.1. The number of anilines is 2. The minimum atomic E-state index is -3.00. The number of alkyl halides is 2. The Kier molecular flexibility index (Phi) is 5.40. The Hall–Kier alpha value is -3.31. The number of aryl methyl sites for hydroxylation is 1. The number of aromatic nitrogens is 4. The molecule has 1 saturated heterocycles. The van der Waals surface area contributed by atoms with Gasteiger partial charge < -0.3 is 25.3 Å². The lowest BCUT2D eigenvalue weighted by atomic mass is 10.0. The highest BCUT2D eigenvalue weighted by molar-refractivity contribution is 6.35. The third kappa shape index (κ3) is 3.64. The number of benzene rings is 2. The molecule has 4 aromatic rings. The van der Waals surface area contributed by atoms with E-state index in [-0.39, 0.29) is 45.8 Å². The van der Waals surface area contributed by atoms with Crippen LogP contribution in [-0.2, 0) is 7.05 Å². The fraction of sp³-hybridized carbons (Fsp3) is 0.318. The van der Waals surface area contributed by atoms with Crippen LogP contribution in [0.3, 0.4) is 0 Å². The van der Waals surface area contributed by atoms with Crippen LogP contribution in [0.1, 0.15) is 0 Å². The van der Waals surface area contributed by atoms with Gasteiger partial charge in [-0.25, -0.2) is 18.2 Å². The summed E-state index contributed by atoms with van der Waals surface area (Å²) in [7, 11) is 3.05. The van der Waals surface area contributed by atoms with Crippen LogP contribution in [0.25, 0.3) is 33.1 Å². The fourth-order valence-corrected chi connectivity index (χ4v) is 4.60. The van der Waals surface area contributed by atoms with Gasteiger partial charge in [0.15, 0.2) is 5.82 Å². The lowest BCUT2D eigenvalue weighted by molar-refractivity contribution is 0.0156. The number of fused-ring (bicyclic) bond motifs is 2. The zero-order valence-corrected chi connectivity index (χ0v) is 19.1. The first-order valence-corrected chi connectivity index (χ1v) is 10.9. The number of hydrogen-bond acceptors (Lipinski definition) is 7. The predicted molar refractivity (Wildman–Crippen MR) is 125 cm³/mol. The van der Waals surface area contributed by atoms with Crippen molar-refractivity contribution in [3.8, 4) is 17.1 Å². The normalized spacial score (nSPS) is 16.2. The predicted octanol–water partition coefficient (Wildman–Crippen LogP) is 3.61. The summed E-state index contributed by atoms with van der Waals surface area (Å²) in [6.07, 6.45) is 0. The van der Waals surface area contributed by atoms with E-state index in [1.807, 2.05) is 0 Å². The van der Waals surface area contributed by atoms with Crippen LogP contribution < -0.4 is 20.7 Å². The first-order chi connectivity index (χ1) is 16.2. The number of nitrogens with two attached hydrogens (primary N) is 1. The van der Waals surface area contributed by atoms with Crippen LogP contribution in [-0.4, -0.2) is 58.7 Å². The lowest BCUT2D eigenvalue weighted by Gasteiger charge is -2.26. The molecule has 5 rings (SSSR count). The van der Waals surface area contributed by atoms with E-state index in [0.717, 1.165) is 0 Å². The number of rotatable bonds is 3. The molecule has 0 aliphatic carbocycles. The summed E-state index contributed by atoms with van der Waals surface area (Å²) in [5.74, 6) is -3.34. The van der Waals surface area contributed by atoms with Crippen molar-refractivity contribution in [1.82, 2.24) is 24.8 Å². The number of nitrogen functional groups attached to an aromatic ring is 1.